The van der Waals surface area contributed by atoms with Gasteiger partial charge in [-0.1, -0.05) is 13.3 Å². The van der Waals surface area contributed by atoms with Gasteiger partial charge in [0.1, 0.15) is 0 Å². The zero-order chi connectivity index (χ0) is 7.14. The Morgan fingerprint density at radius 3 is 2.70 bits per heavy atom. The lowest BCUT2D eigenvalue weighted by atomic mass is 9.93. The zero-order valence-electron chi connectivity index (χ0n) is 6.29. The lowest BCUT2D eigenvalue weighted by Crippen LogP contribution is -2.27. The second-order valence-electron chi connectivity index (χ2n) is 3.45. The highest BCUT2D eigenvalue weighted by Gasteiger charge is 2.45. The lowest BCUT2D eigenvalue weighted by Gasteiger charge is -2.24. The molecule has 2 aliphatic rings. The molecule has 0 spiro atoms. The molecule has 2 bridgehead atoms. The smallest absolute Gasteiger partial charge is 0.158 e. The van der Waals surface area contributed by atoms with Crippen LogP contribution in [0.2, 0.25) is 0 Å². The maximum atomic E-state index is 9.30. The van der Waals surface area contributed by atoms with Gasteiger partial charge in [-0.25, -0.2) is 0 Å². The average Bonchev–Trinajstić information content (AvgIpc) is 2.44. The predicted molar refractivity (Wildman–Crippen MR) is 37.4 cm³/mol. The molecule has 1 heterocycles. The molecule has 0 aromatic heterocycles. The van der Waals surface area contributed by atoms with Crippen LogP contribution in [-0.2, 0) is 4.74 Å². The highest BCUT2D eigenvalue weighted by atomic mass is 16.6. The molecule has 4 unspecified atom stereocenters. The van der Waals surface area contributed by atoms with Gasteiger partial charge in [0.15, 0.2) is 6.29 Å². The number of ether oxygens (including phenoxy) is 1. The molecule has 0 aromatic rings. The normalized spacial score (nSPS) is 52.2. The second kappa shape index (κ2) is 2.21. The minimum Gasteiger partial charge on any atom is -0.368 e. The van der Waals surface area contributed by atoms with Crippen LogP contribution in [0.5, 0.6) is 0 Å². The highest BCUT2D eigenvalue weighted by Crippen LogP contribution is 2.44. The largest absolute Gasteiger partial charge is 0.368 e. The van der Waals surface area contributed by atoms with E-state index in [2.05, 4.69) is 6.92 Å². The highest BCUT2D eigenvalue weighted by molar-refractivity contribution is 4.90. The number of aliphatic hydroxyl groups is 1. The Balaban J connectivity index is 2.06. The average molecular weight is 142 g/mol. The summed E-state index contributed by atoms with van der Waals surface area (Å²) in [6.07, 6.45) is 3.41. The summed E-state index contributed by atoms with van der Waals surface area (Å²) in [5.41, 5.74) is 0. The van der Waals surface area contributed by atoms with Crippen molar-refractivity contribution < 1.29 is 9.84 Å². The number of fused-ring (bicyclic) bond motifs is 2. The molecule has 4 atom stereocenters. The van der Waals surface area contributed by atoms with Gasteiger partial charge in [0.05, 0.1) is 6.10 Å². The van der Waals surface area contributed by atoms with Gasteiger partial charge < -0.3 is 9.84 Å². The Bertz CT molecular complexity index is 133. The van der Waals surface area contributed by atoms with Crippen LogP contribution >= 0.6 is 0 Å². The van der Waals surface area contributed by atoms with E-state index in [1.807, 2.05) is 0 Å². The summed E-state index contributed by atoms with van der Waals surface area (Å²) < 4.78 is 5.25. The third-order valence-corrected chi connectivity index (χ3v) is 2.93. The fraction of sp³-hybridized carbons (Fsp3) is 1.00. The number of hydrogen-bond donors (Lipinski definition) is 1. The van der Waals surface area contributed by atoms with E-state index in [0.29, 0.717) is 12.0 Å². The standard InChI is InChI=1S/C8H14O2/c1-2-5-3-6-4-7(5)8(9)10-6/h5-9H,2-4H2,1H3. The Kier molecular flexibility index (Phi) is 1.46. The molecule has 58 valence electrons. The van der Waals surface area contributed by atoms with Gasteiger partial charge >= 0.3 is 0 Å². The van der Waals surface area contributed by atoms with E-state index in [1.54, 1.807) is 0 Å². The summed E-state index contributed by atoms with van der Waals surface area (Å²) in [4.78, 5) is 0. The first-order valence-electron chi connectivity index (χ1n) is 4.14. The van der Waals surface area contributed by atoms with E-state index in [-0.39, 0.29) is 0 Å². The van der Waals surface area contributed by atoms with Crippen LogP contribution in [0.1, 0.15) is 26.2 Å². The molecule has 0 aromatic carbocycles. The molecular formula is C8H14O2. The van der Waals surface area contributed by atoms with E-state index in [4.69, 9.17) is 4.74 Å². The molecule has 2 rings (SSSR count). The van der Waals surface area contributed by atoms with Gasteiger partial charge in [0.25, 0.3) is 0 Å². The summed E-state index contributed by atoms with van der Waals surface area (Å²) >= 11 is 0. The molecule has 1 N–H and O–H groups in total. The fourth-order valence-electron chi connectivity index (χ4n) is 2.33. The second-order valence-corrected chi connectivity index (χ2v) is 3.45. The van der Waals surface area contributed by atoms with Crippen molar-refractivity contribution in [2.75, 3.05) is 0 Å². The summed E-state index contributed by atoms with van der Waals surface area (Å²) in [6, 6.07) is 0. The Labute approximate surface area is 61.2 Å². The van der Waals surface area contributed by atoms with Gasteiger partial charge in [0.2, 0.25) is 0 Å². The maximum Gasteiger partial charge on any atom is 0.158 e. The van der Waals surface area contributed by atoms with Crippen molar-refractivity contribution in [3.05, 3.63) is 0 Å². The van der Waals surface area contributed by atoms with Crippen molar-refractivity contribution in [1.82, 2.24) is 0 Å². The predicted octanol–water partition coefficient (Wildman–Crippen LogP) is 1.14. The summed E-state index contributed by atoms with van der Waals surface area (Å²) in [5.74, 6) is 1.18. The van der Waals surface area contributed by atoms with Crippen LogP contribution in [0.3, 0.4) is 0 Å². The Hall–Kier alpha value is -0.0800. The number of hydrogen-bond acceptors (Lipinski definition) is 2. The third kappa shape index (κ3) is 0.789. The molecule has 2 heteroatoms. The summed E-state index contributed by atoms with van der Waals surface area (Å²) in [6.45, 7) is 2.19. The first-order valence-corrected chi connectivity index (χ1v) is 4.14. The van der Waals surface area contributed by atoms with Crippen LogP contribution in [-0.4, -0.2) is 17.5 Å². The quantitative estimate of drug-likeness (QED) is 0.595. The zero-order valence-corrected chi connectivity index (χ0v) is 6.29. The van der Waals surface area contributed by atoms with Crippen molar-refractivity contribution in [3.8, 4) is 0 Å². The molecule has 1 aliphatic carbocycles. The van der Waals surface area contributed by atoms with Crippen LogP contribution in [0.4, 0.5) is 0 Å². The van der Waals surface area contributed by atoms with Crippen LogP contribution in [0, 0.1) is 11.8 Å². The van der Waals surface area contributed by atoms with Crippen molar-refractivity contribution >= 4 is 0 Å². The van der Waals surface area contributed by atoms with Crippen molar-refractivity contribution in [2.24, 2.45) is 11.8 Å². The molecule has 0 radical (unpaired) electrons. The Morgan fingerprint density at radius 2 is 2.30 bits per heavy atom. The SMILES string of the molecule is CCC1CC2CC1C(O)O2. The third-order valence-electron chi connectivity index (χ3n) is 2.93. The Morgan fingerprint density at radius 1 is 1.50 bits per heavy atom. The van der Waals surface area contributed by atoms with E-state index in [9.17, 15) is 5.11 Å². The molecule has 10 heavy (non-hydrogen) atoms. The molecule has 2 fully saturated rings. The maximum absolute atomic E-state index is 9.30. The van der Waals surface area contributed by atoms with Gasteiger partial charge in [-0.05, 0) is 18.8 Å². The van der Waals surface area contributed by atoms with Gasteiger partial charge in [-0.15, -0.1) is 0 Å². The van der Waals surface area contributed by atoms with E-state index in [1.165, 1.54) is 12.8 Å². The minimum absolute atomic E-state index is 0.380. The van der Waals surface area contributed by atoms with Gasteiger partial charge in [-0.2, -0.15) is 0 Å². The van der Waals surface area contributed by atoms with Crippen LogP contribution < -0.4 is 0 Å². The monoisotopic (exact) mass is 142 g/mol. The van der Waals surface area contributed by atoms with E-state index in [0.717, 1.165) is 12.3 Å². The molecule has 1 aliphatic heterocycles. The first-order chi connectivity index (χ1) is 4.81. The summed E-state index contributed by atoms with van der Waals surface area (Å²) in [7, 11) is 0. The number of aliphatic hydroxyl groups excluding tert-OH is 1. The van der Waals surface area contributed by atoms with Crippen molar-refractivity contribution in [2.45, 2.75) is 38.6 Å². The first kappa shape index (κ1) is 6.62. The van der Waals surface area contributed by atoms with E-state index < -0.39 is 6.29 Å². The number of rotatable bonds is 1. The minimum atomic E-state index is -0.441. The molecule has 2 nitrogen and oxygen atoms in total. The van der Waals surface area contributed by atoms with Crippen molar-refractivity contribution in [1.29, 1.82) is 0 Å². The van der Waals surface area contributed by atoms with Gasteiger partial charge in [-0.3, -0.25) is 0 Å². The molecule has 1 saturated heterocycles. The van der Waals surface area contributed by atoms with Crippen molar-refractivity contribution in [3.63, 3.8) is 0 Å². The fourth-order valence-corrected chi connectivity index (χ4v) is 2.33. The van der Waals surface area contributed by atoms with Gasteiger partial charge in [0, 0.05) is 5.92 Å². The summed E-state index contributed by atoms with van der Waals surface area (Å²) in [5, 5.41) is 9.30. The van der Waals surface area contributed by atoms with E-state index >= 15 is 0 Å². The van der Waals surface area contributed by atoms with Crippen LogP contribution in [0.25, 0.3) is 0 Å². The lowest BCUT2D eigenvalue weighted by molar-refractivity contribution is -0.144. The molecular weight excluding hydrogens is 128 g/mol. The van der Waals surface area contributed by atoms with Crippen LogP contribution in [0.15, 0.2) is 0 Å². The molecule has 0 amide bonds. The molecule has 1 saturated carbocycles. The topological polar surface area (TPSA) is 29.5 Å².